The molecule has 5 aromatic rings. The third kappa shape index (κ3) is 4.57. The molecule has 0 bridgehead atoms. The highest BCUT2D eigenvalue weighted by Gasteiger charge is 2.17. The quantitative estimate of drug-likeness (QED) is 0.200. The zero-order valence-corrected chi connectivity index (χ0v) is 20.8. The Kier molecular flexibility index (Phi) is 6.56. The summed E-state index contributed by atoms with van der Waals surface area (Å²) in [6.45, 7) is 0.668. The number of benzene rings is 3. The van der Waals surface area contributed by atoms with Crippen molar-refractivity contribution in [3.63, 3.8) is 0 Å². The van der Waals surface area contributed by atoms with E-state index in [-0.39, 0.29) is 17.7 Å². The lowest BCUT2D eigenvalue weighted by molar-refractivity contribution is -0.384. The third-order valence-corrected chi connectivity index (χ3v) is 6.07. The molecule has 0 aliphatic rings. The number of fused-ring (bicyclic) bond motifs is 2. The van der Waals surface area contributed by atoms with Gasteiger partial charge in [-0.05, 0) is 30.3 Å². The molecule has 0 spiro atoms. The number of rotatable bonds is 9. The van der Waals surface area contributed by atoms with E-state index in [4.69, 9.17) is 23.4 Å². The van der Waals surface area contributed by atoms with E-state index in [1.54, 1.807) is 47.3 Å². The highest BCUT2D eigenvalue weighted by Crippen LogP contribution is 2.41. The Labute approximate surface area is 215 Å². The van der Waals surface area contributed by atoms with Gasteiger partial charge in [0.25, 0.3) is 5.69 Å². The summed E-state index contributed by atoms with van der Waals surface area (Å²) in [6, 6.07) is 14.3. The molecule has 0 saturated carbocycles. The number of nitro benzene ring substituents is 1. The fourth-order valence-corrected chi connectivity index (χ4v) is 4.19. The molecular weight excluding hydrogens is 494 g/mol. The van der Waals surface area contributed by atoms with Crippen molar-refractivity contribution in [1.29, 1.82) is 0 Å². The maximum absolute atomic E-state index is 12.8. The van der Waals surface area contributed by atoms with Crippen LogP contribution in [0.4, 0.5) is 5.69 Å². The Morgan fingerprint density at radius 1 is 0.974 bits per heavy atom. The third-order valence-electron chi connectivity index (χ3n) is 6.07. The molecule has 11 heteroatoms. The normalized spacial score (nSPS) is 11.0. The number of ether oxygens (including phenoxy) is 4. The van der Waals surface area contributed by atoms with Gasteiger partial charge >= 0.3 is 0 Å². The molecule has 0 radical (unpaired) electrons. The van der Waals surface area contributed by atoms with Gasteiger partial charge in [-0.25, -0.2) is 4.98 Å². The lowest BCUT2D eigenvalue weighted by Crippen LogP contribution is -2.07. The van der Waals surface area contributed by atoms with Crippen LogP contribution in [0.2, 0.25) is 0 Å². The number of hydrogen-bond acceptors (Lipinski definition) is 9. The van der Waals surface area contributed by atoms with Crippen molar-refractivity contribution < 1.29 is 28.3 Å². The van der Waals surface area contributed by atoms with E-state index in [0.717, 1.165) is 0 Å². The molecule has 0 fully saturated rings. The van der Waals surface area contributed by atoms with Gasteiger partial charge < -0.3 is 27.9 Å². The van der Waals surface area contributed by atoms with E-state index in [1.807, 2.05) is 0 Å². The number of imidazole rings is 1. The molecule has 0 N–H and O–H groups in total. The van der Waals surface area contributed by atoms with Gasteiger partial charge in [-0.3, -0.25) is 14.9 Å². The number of nitrogens with zero attached hydrogens (tertiary/aromatic N) is 3. The van der Waals surface area contributed by atoms with Crippen molar-refractivity contribution in [2.45, 2.75) is 6.54 Å². The van der Waals surface area contributed by atoms with E-state index in [2.05, 4.69) is 4.98 Å². The van der Waals surface area contributed by atoms with Gasteiger partial charge in [-0.1, -0.05) is 0 Å². The summed E-state index contributed by atoms with van der Waals surface area (Å²) in [6.07, 6.45) is 1.61. The molecule has 0 aliphatic carbocycles. The minimum atomic E-state index is -0.442. The zero-order valence-electron chi connectivity index (χ0n) is 20.8. The summed E-state index contributed by atoms with van der Waals surface area (Å²) in [4.78, 5) is 27.8. The Bertz CT molecular complexity index is 1700. The van der Waals surface area contributed by atoms with E-state index < -0.39 is 4.92 Å². The molecule has 194 valence electrons. The van der Waals surface area contributed by atoms with Crippen molar-refractivity contribution in [1.82, 2.24) is 9.55 Å². The van der Waals surface area contributed by atoms with Crippen LogP contribution < -0.4 is 24.4 Å². The first-order chi connectivity index (χ1) is 18.4. The van der Waals surface area contributed by atoms with E-state index in [0.29, 0.717) is 62.9 Å². The molecule has 38 heavy (non-hydrogen) atoms. The summed E-state index contributed by atoms with van der Waals surface area (Å²) < 4.78 is 30.0. The second kappa shape index (κ2) is 10.1. The number of aromatic nitrogens is 2. The minimum absolute atomic E-state index is 0.00682. The van der Waals surface area contributed by atoms with Crippen LogP contribution in [0.15, 0.2) is 70.1 Å². The predicted octanol–water partition coefficient (Wildman–Crippen LogP) is 4.82. The van der Waals surface area contributed by atoms with Crippen molar-refractivity contribution >= 4 is 27.7 Å². The van der Waals surface area contributed by atoms with Gasteiger partial charge in [-0.2, -0.15) is 0 Å². The molecular formula is C27H23N3O8. The van der Waals surface area contributed by atoms with E-state index in [9.17, 15) is 14.9 Å². The van der Waals surface area contributed by atoms with Crippen LogP contribution in [0.25, 0.3) is 33.3 Å². The Morgan fingerprint density at radius 3 is 2.42 bits per heavy atom. The van der Waals surface area contributed by atoms with Gasteiger partial charge in [0.15, 0.2) is 16.9 Å². The Hall–Kier alpha value is -5.06. The lowest BCUT2D eigenvalue weighted by atomic mass is 10.1. The summed E-state index contributed by atoms with van der Waals surface area (Å²) in [5.74, 6) is 2.11. The molecule has 3 aromatic carbocycles. The van der Waals surface area contributed by atoms with Crippen LogP contribution in [0.3, 0.4) is 0 Å². The SMILES string of the molecule is COc1cc(-c2cc(=O)c3ccc(OCCn4cnc5ccc([N+](=O)[O-])cc54)cc3o2)cc(OC)c1OC. The summed E-state index contributed by atoms with van der Waals surface area (Å²) in [7, 11) is 4.53. The lowest BCUT2D eigenvalue weighted by Gasteiger charge is -2.14. The van der Waals surface area contributed by atoms with Crippen LogP contribution >= 0.6 is 0 Å². The van der Waals surface area contributed by atoms with Crippen LogP contribution in [0.1, 0.15) is 0 Å². The predicted molar refractivity (Wildman–Crippen MR) is 139 cm³/mol. The van der Waals surface area contributed by atoms with E-state index in [1.165, 1.54) is 39.5 Å². The maximum atomic E-state index is 12.8. The largest absolute Gasteiger partial charge is 0.493 e. The zero-order chi connectivity index (χ0) is 26.8. The van der Waals surface area contributed by atoms with Gasteiger partial charge in [0.2, 0.25) is 5.75 Å². The molecule has 0 amide bonds. The van der Waals surface area contributed by atoms with Crippen molar-refractivity contribution in [2.75, 3.05) is 27.9 Å². The fourth-order valence-electron chi connectivity index (χ4n) is 4.19. The topological polar surface area (TPSA) is 128 Å². The second-order valence-electron chi connectivity index (χ2n) is 8.26. The van der Waals surface area contributed by atoms with E-state index >= 15 is 0 Å². The molecule has 0 atom stereocenters. The number of nitro groups is 1. The smallest absolute Gasteiger partial charge is 0.271 e. The molecule has 2 heterocycles. The minimum Gasteiger partial charge on any atom is -0.493 e. The van der Waals surface area contributed by atoms with Crippen LogP contribution in [0, 0.1) is 10.1 Å². The average molecular weight is 517 g/mol. The average Bonchev–Trinajstić information content (AvgIpc) is 3.34. The van der Waals surface area contributed by atoms with Gasteiger partial charge in [0.1, 0.15) is 23.7 Å². The Morgan fingerprint density at radius 2 is 1.74 bits per heavy atom. The van der Waals surface area contributed by atoms with Gasteiger partial charge in [0.05, 0.1) is 55.5 Å². The van der Waals surface area contributed by atoms with Crippen molar-refractivity contribution in [2.24, 2.45) is 0 Å². The summed E-state index contributed by atoms with van der Waals surface area (Å²) in [5, 5.41) is 11.5. The van der Waals surface area contributed by atoms with Gasteiger partial charge in [0, 0.05) is 29.8 Å². The highest BCUT2D eigenvalue weighted by atomic mass is 16.6. The Balaban J connectivity index is 1.41. The summed E-state index contributed by atoms with van der Waals surface area (Å²) >= 11 is 0. The molecule has 0 saturated heterocycles. The number of methoxy groups -OCH3 is 3. The molecule has 2 aromatic heterocycles. The second-order valence-corrected chi connectivity index (χ2v) is 8.26. The first-order valence-electron chi connectivity index (χ1n) is 11.5. The summed E-state index contributed by atoms with van der Waals surface area (Å²) in [5.41, 5.74) is 2.00. The number of non-ortho nitro benzene ring substituents is 1. The highest BCUT2D eigenvalue weighted by molar-refractivity contribution is 5.81. The monoisotopic (exact) mass is 517 g/mol. The van der Waals surface area contributed by atoms with Crippen LogP contribution in [-0.4, -0.2) is 42.4 Å². The number of hydrogen-bond donors (Lipinski definition) is 0. The molecule has 5 rings (SSSR count). The maximum Gasteiger partial charge on any atom is 0.271 e. The molecule has 0 aliphatic heterocycles. The van der Waals surface area contributed by atoms with Crippen molar-refractivity contribution in [3.05, 3.63) is 81.3 Å². The fraction of sp³-hybridized carbons (Fsp3) is 0.185. The van der Waals surface area contributed by atoms with Gasteiger partial charge in [-0.15, -0.1) is 0 Å². The molecule has 11 nitrogen and oxygen atoms in total. The standard InChI is InChI=1S/C27H23N3O8/c1-34-25-10-16(11-26(35-2)27(25)36-3)23-14-22(31)19-6-5-18(13-24(19)38-23)37-9-8-29-15-28-20-7-4-17(30(32)33)12-21(20)29/h4-7,10-15H,8-9H2,1-3H3. The van der Waals surface area contributed by atoms with Crippen LogP contribution in [-0.2, 0) is 6.54 Å². The van der Waals surface area contributed by atoms with Crippen molar-refractivity contribution in [3.8, 4) is 34.3 Å². The first-order valence-corrected chi connectivity index (χ1v) is 11.5. The first kappa shape index (κ1) is 24.6. The van der Waals surface area contributed by atoms with Crippen LogP contribution in [0.5, 0.6) is 23.0 Å². The molecule has 0 unspecified atom stereocenters.